The molecule has 0 aliphatic rings. The van der Waals surface area contributed by atoms with Crippen LogP contribution in [0.5, 0.6) is 5.75 Å². The summed E-state index contributed by atoms with van der Waals surface area (Å²) in [6.45, 7) is 0. The molecule has 3 aromatic rings. The summed E-state index contributed by atoms with van der Waals surface area (Å²) in [5, 5.41) is 7.16. The van der Waals surface area contributed by atoms with Crippen LogP contribution in [0.4, 0.5) is 33.9 Å². The minimum absolute atomic E-state index is 0.00342. The van der Waals surface area contributed by atoms with Gasteiger partial charge in [-0.2, -0.15) is 13.2 Å². The van der Waals surface area contributed by atoms with Gasteiger partial charge in [0.25, 0.3) is 0 Å². The van der Waals surface area contributed by atoms with E-state index in [0.29, 0.717) is 17.4 Å². The summed E-state index contributed by atoms with van der Waals surface area (Å²) in [7, 11) is 1.27. The van der Waals surface area contributed by atoms with E-state index < -0.39 is 29.6 Å². The highest BCUT2D eigenvalue weighted by molar-refractivity contribution is 6.01. The van der Waals surface area contributed by atoms with Gasteiger partial charge in [-0.05, 0) is 18.2 Å². The van der Waals surface area contributed by atoms with Crippen molar-refractivity contribution in [3.63, 3.8) is 0 Å². The number of rotatable bonds is 4. The number of alkyl halides is 3. The van der Waals surface area contributed by atoms with E-state index in [1.807, 2.05) is 5.32 Å². The van der Waals surface area contributed by atoms with Gasteiger partial charge >= 0.3 is 12.2 Å². The van der Waals surface area contributed by atoms with E-state index >= 15 is 0 Å². The van der Waals surface area contributed by atoms with Crippen LogP contribution in [0.1, 0.15) is 5.69 Å². The zero-order chi connectivity index (χ0) is 19.6. The Hall–Kier alpha value is -3.50. The molecule has 11 heteroatoms. The third-order valence-electron chi connectivity index (χ3n) is 3.36. The summed E-state index contributed by atoms with van der Waals surface area (Å²) in [6.07, 6.45) is -3.34. The number of benzene rings is 1. The maximum atomic E-state index is 14.0. The molecule has 2 N–H and O–H groups in total. The van der Waals surface area contributed by atoms with Gasteiger partial charge in [0.2, 0.25) is 5.88 Å². The highest BCUT2D eigenvalue weighted by atomic mass is 19.4. The van der Waals surface area contributed by atoms with Gasteiger partial charge in [0, 0.05) is 17.7 Å². The van der Waals surface area contributed by atoms with Crippen LogP contribution < -0.4 is 15.4 Å². The first kappa shape index (κ1) is 18.3. The number of furan rings is 1. The Morgan fingerprint density at radius 3 is 2.59 bits per heavy atom. The number of halogens is 4. The number of nitrogens with zero attached hydrogens (tertiary/aromatic N) is 1. The van der Waals surface area contributed by atoms with Gasteiger partial charge in [-0.15, -0.1) is 0 Å². The van der Waals surface area contributed by atoms with Gasteiger partial charge in [0.15, 0.2) is 17.3 Å². The van der Waals surface area contributed by atoms with Crippen molar-refractivity contribution >= 4 is 17.6 Å². The van der Waals surface area contributed by atoms with E-state index in [1.165, 1.54) is 19.4 Å². The second kappa shape index (κ2) is 7.02. The number of urea groups is 1. The lowest BCUT2D eigenvalue weighted by Gasteiger charge is -2.12. The number of carbonyl (C=O) groups excluding carboxylic acids is 1. The molecule has 0 aliphatic carbocycles. The number of ether oxygens (including phenoxy) is 1. The predicted octanol–water partition coefficient (Wildman–Crippen LogP) is 4.75. The van der Waals surface area contributed by atoms with E-state index in [2.05, 4.69) is 15.0 Å². The van der Waals surface area contributed by atoms with Crippen LogP contribution in [0, 0.1) is 5.82 Å². The molecule has 0 saturated carbocycles. The van der Waals surface area contributed by atoms with E-state index in [0.717, 1.165) is 6.07 Å². The molecule has 0 radical (unpaired) electrons. The van der Waals surface area contributed by atoms with Crippen molar-refractivity contribution in [1.82, 2.24) is 5.16 Å². The first-order chi connectivity index (χ1) is 12.8. The zero-order valence-corrected chi connectivity index (χ0v) is 13.6. The fourth-order valence-electron chi connectivity index (χ4n) is 2.18. The number of hydrogen-bond donors (Lipinski definition) is 2. The molecular formula is C16H11F4N3O4. The van der Waals surface area contributed by atoms with Gasteiger partial charge in [-0.3, -0.25) is 5.32 Å². The molecule has 3 rings (SSSR count). The normalized spacial score (nSPS) is 11.3. The van der Waals surface area contributed by atoms with Crippen molar-refractivity contribution in [3.05, 3.63) is 48.1 Å². The summed E-state index contributed by atoms with van der Waals surface area (Å²) in [4.78, 5) is 12.1. The van der Waals surface area contributed by atoms with Gasteiger partial charge < -0.3 is 19.0 Å². The van der Waals surface area contributed by atoms with Crippen molar-refractivity contribution in [1.29, 1.82) is 0 Å². The largest absolute Gasteiger partial charge is 0.494 e. The second-order valence-corrected chi connectivity index (χ2v) is 5.16. The SMILES string of the molecule is COc1cc(-c2ccco2)c(NC(=O)Nc2cc(C(F)(F)F)no2)cc1F. The molecule has 27 heavy (non-hydrogen) atoms. The molecule has 0 unspecified atom stereocenters. The number of methoxy groups -OCH3 is 1. The summed E-state index contributed by atoms with van der Waals surface area (Å²) >= 11 is 0. The minimum Gasteiger partial charge on any atom is -0.494 e. The maximum absolute atomic E-state index is 14.0. The molecule has 0 bridgehead atoms. The fourth-order valence-corrected chi connectivity index (χ4v) is 2.18. The van der Waals surface area contributed by atoms with Crippen LogP contribution in [0.25, 0.3) is 11.3 Å². The monoisotopic (exact) mass is 385 g/mol. The predicted molar refractivity (Wildman–Crippen MR) is 84.8 cm³/mol. The van der Waals surface area contributed by atoms with Gasteiger partial charge in [-0.1, -0.05) is 5.16 Å². The molecule has 2 aromatic heterocycles. The van der Waals surface area contributed by atoms with Crippen LogP contribution in [0.15, 0.2) is 45.5 Å². The minimum atomic E-state index is -4.72. The Bertz CT molecular complexity index is 951. The lowest BCUT2D eigenvalue weighted by atomic mass is 10.1. The Balaban J connectivity index is 1.83. The lowest BCUT2D eigenvalue weighted by molar-refractivity contribution is -0.142. The molecule has 1 aromatic carbocycles. The van der Waals surface area contributed by atoms with Gasteiger partial charge in [-0.25, -0.2) is 9.18 Å². The van der Waals surface area contributed by atoms with E-state index in [9.17, 15) is 22.4 Å². The molecular weight excluding hydrogens is 374 g/mol. The first-order valence-corrected chi connectivity index (χ1v) is 7.31. The van der Waals surface area contributed by atoms with Crippen LogP contribution in [0.2, 0.25) is 0 Å². The lowest BCUT2D eigenvalue weighted by Crippen LogP contribution is -2.19. The highest BCUT2D eigenvalue weighted by Crippen LogP contribution is 2.34. The maximum Gasteiger partial charge on any atom is 0.436 e. The number of carbonyl (C=O) groups is 1. The second-order valence-electron chi connectivity index (χ2n) is 5.16. The molecule has 0 atom stereocenters. The molecule has 2 amide bonds. The number of anilines is 2. The quantitative estimate of drug-likeness (QED) is 0.633. The van der Waals surface area contributed by atoms with Crippen molar-refractivity contribution in [3.8, 4) is 17.1 Å². The van der Waals surface area contributed by atoms with Crippen LogP contribution in [-0.4, -0.2) is 18.3 Å². The number of amides is 2. The molecule has 7 nitrogen and oxygen atoms in total. The standard InChI is InChI=1S/C16H11F4N3O4/c1-25-12-5-8(11-3-2-4-26-11)10(6-9(12)17)21-15(24)22-14-7-13(23-27-14)16(18,19)20/h2-7H,1H3,(H2,21,22,24). The van der Waals surface area contributed by atoms with Gasteiger partial charge in [0.1, 0.15) is 5.76 Å². The number of hydrogen-bond acceptors (Lipinski definition) is 5. The van der Waals surface area contributed by atoms with Crippen LogP contribution >= 0.6 is 0 Å². The molecule has 0 aliphatic heterocycles. The Morgan fingerprint density at radius 1 is 1.22 bits per heavy atom. The smallest absolute Gasteiger partial charge is 0.436 e. The van der Waals surface area contributed by atoms with E-state index in [-0.39, 0.29) is 11.4 Å². The molecule has 142 valence electrons. The molecule has 0 fully saturated rings. The first-order valence-electron chi connectivity index (χ1n) is 7.31. The highest BCUT2D eigenvalue weighted by Gasteiger charge is 2.35. The number of aromatic nitrogens is 1. The molecule has 0 spiro atoms. The summed E-state index contributed by atoms with van der Waals surface area (Å²) in [5.74, 6) is -1.07. The number of nitrogens with one attached hydrogen (secondary N) is 2. The Kier molecular flexibility index (Phi) is 4.75. The fraction of sp³-hybridized carbons (Fsp3) is 0.125. The average Bonchev–Trinajstić information content (AvgIpc) is 3.26. The third-order valence-corrected chi connectivity index (χ3v) is 3.36. The third kappa shape index (κ3) is 4.02. The average molecular weight is 385 g/mol. The summed E-state index contributed by atoms with van der Waals surface area (Å²) in [5.41, 5.74) is -1.01. The zero-order valence-electron chi connectivity index (χ0n) is 13.6. The Labute approximate surface area is 148 Å². The van der Waals surface area contributed by atoms with Crippen molar-refractivity contribution in [2.24, 2.45) is 0 Å². The van der Waals surface area contributed by atoms with E-state index in [4.69, 9.17) is 9.15 Å². The molecule has 0 saturated heterocycles. The van der Waals surface area contributed by atoms with E-state index in [1.54, 1.807) is 12.1 Å². The molecule has 2 heterocycles. The van der Waals surface area contributed by atoms with Crippen molar-refractivity contribution in [2.45, 2.75) is 6.18 Å². The van der Waals surface area contributed by atoms with Crippen molar-refractivity contribution < 1.29 is 36.0 Å². The summed E-state index contributed by atoms with van der Waals surface area (Å²) in [6, 6.07) is 4.99. The van der Waals surface area contributed by atoms with Crippen LogP contribution in [0.3, 0.4) is 0 Å². The topological polar surface area (TPSA) is 89.5 Å². The van der Waals surface area contributed by atoms with Crippen molar-refractivity contribution in [2.75, 3.05) is 17.7 Å². The van der Waals surface area contributed by atoms with Crippen LogP contribution in [-0.2, 0) is 6.18 Å². The summed E-state index contributed by atoms with van der Waals surface area (Å²) < 4.78 is 66.0. The Morgan fingerprint density at radius 2 is 2.00 bits per heavy atom. The van der Waals surface area contributed by atoms with Gasteiger partial charge in [0.05, 0.1) is 19.1 Å².